The van der Waals surface area contributed by atoms with Crippen molar-refractivity contribution in [3.8, 4) is 5.75 Å². The van der Waals surface area contributed by atoms with Gasteiger partial charge in [-0.05, 0) is 45.9 Å². The molecule has 0 saturated carbocycles. The third-order valence-corrected chi connectivity index (χ3v) is 3.40. The van der Waals surface area contributed by atoms with Crippen LogP contribution in [0.15, 0.2) is 22.7 Å². The Hall–Kier alpha value is -1.56. The number of aliphatic carboxylic acids is 1. The topological polar surface area (TPSA) is 66.8 Å². The molecule has 0 aliphatic carbocycles. The minimum absolute atomic E-state index is 0.00506. The van der Waals surface area contributed by atoms with Crippen LogP contribution in [0.25, 0.3) is 0 Å². The normalized spacial score (nSPS) is 10.9. The van der Waals surface area contributed by atoms with Gasteiger partial charge in [0.1, 0.15) is 5.75 Å². The number of hydrogen-bond donors (Lipinski definition) is 1. The van der Waals surface area contributed by atoms with Gasteiger partial charge in [0.25, 0.3) is 5.91 Å². The molecule has 0 unspecified atom stereocenters. The van der Waals surface area contributed by atoms with E-state index in [0.29, 0.717) is 11.3 Å². The Kier molecular flexibility index (Phi) is 6.87. The summed E-state index contributed by atoms with van der Waals surface area (Å²) >= 11 is 3.37. The van der Waals surface area contributed by atoms with E-state index in [9.17, 15) is 9.59 Å². The Bertz CT molecular complexity index is 543. The zero-order chi connectivity index (χ0) is 16.9. The second-order valence-corrected chi connectivity index (χ2v) is 6.49. The number of carbonyl (C=O) groups excluding carboxylic acids is 1. The largest absolute Gasteiger partial charge is 0.491 e. The van der Waals surface area contributed by atoms with Gasteiger partial charge < -0.3 is 14.7 Å². The molecule has 6 heteroatoms. The van der Waals surface area contributed by atoms with Crippen molar-refractivity contribution < 1.29 is 19.4 Å². The van der Waals surface area contributed by atoms with Gasteiger partial charge in [0.2, 0.25) is 0 Å². The monoisotopic (exact) mass is 371 g/mol. The number of carboxylic acids is 1. The first kappa shape index (κ1) is 18.5. The smallest absolute Gasteiger partial charge is 0.305 e. The van der Waals surface area contributed by atoms with Gasteiger partial charge >= 0.3 is 5.97 Å². The molecule has 0 spiro atoms. The fraction of sp³-hybridized carbons (Fsp3) is 0.500. The third kappa shape index (κ3) is 5.67. The van der Waals surface area contributed by atoms with Gasteiger partial charge in [-0.15, -0.1) is 0 Å². The fourth-order valence-corrected chi connectivity index (χ4v) is 2.47. The summed E-state index contributed by atoms with van der Waals surface area (Å²) in [4.78, 5) is 24.9. The summed E-state index contributed by atoms with van der Waals surface area (Å²) in [6.45, 7) is 7.73. The summed E-state index contributed by atoms with van der Waals surface area (Å²) in [5.74, 6) is -0.516. The van der Waals surface area contributed by atoms with E-state index in [1.165, 1.54) is 0 Å². The van der Waals surface area contributed by atoms with Crippen LogP contribution >= 0.6 is 15.9 Å². The maximum Gasteiger partial charge on any atom is 0.305 e. The predicted octanol–water partition coefficient (Wildman–Crippen LogP) is 3.56. The highest BCUT2D eigenvalue weighted by Crippen LogP contribution is 2.24. The molecule has 5 nitrogen and oxygen atoms in total. The fourth-order valence-electron chi connectivity index (χ4n) is 2.00. The van der Waals surface area contributed by atoms with Crippen molar-refractivity contribution in [2.24, 2.45) is 0 Å². The zero-order valence-corrected chi connectivity index (χ0v) is 14.9. The first-order valence-electron chi connectivity index (χ1n) is 7.20. The summed E-state index contributed by atoms with van der Waals surface area (Å²) in [5.41, 5.74) is 0.476. The van der Waals surface area contributed by atoms with Gasteiger partial charge in [-0.25, -0.2) is 0 Å². The molecule has 22 heavy (non-hydrogen) atoms. The van der Waals surface area contributed by atoms with Gasteiger partial charge in [-0.3, -0.25) is 9.59 Å². The lowest BCUT2D eigenvalue weighted by atomic mass is 10.1. The van der Waals surface area contributed by atoms with E-state index in [-0.39, 0.29) is 31.0 Å². The molecule has 1 amide bonds. The van der Waals surface area contributed by atoms with Crippen LogP contribution in [0.1, 0.15) is 44.5 Å². The van der Waals surface area contributed by atoms with Crippen molar-refractivity contribution >= 4 is 27.8 Å². The lowest BCUT2D eigenvalue weighted by molar-refractivity contribution is -0.137. The van der Waals surface area contributed by atoms with Crippen LogP contribution in [0.5, 0.6) is 5.75 Å². The summed E-state index contributed by atoms with van der Waals surface area (Å²) < 4.78 is 6.38. The van der Waals surface area contributed by atoms with Gasteiger partial charge in [0.05, 0.1) is 12.5 Å². The minimum Gasteiger partial charge on any atom is -0.491 e. The number of nitrogens with zero attached hydrogens (tertiary/aromatic N) is 1. The first-order chi connectivity index (χ1) is 10.2. The molecule has 0 bridgehead atoms. The average molecular weight is 372 g/mol. The van der Waals surface area contributed by atoms with Crippen molar-refractivity contribution in [2.75, 3.05) is 6.54 Å². The molecular formula is C16H22BrNO4. The highest BCUT2D eigenvalue weighted by atomic mass is 79.9. The molecule has 1 N–H and O–H groups in total. The number of rotatable bonds is 7. The molecule has 0 aliphatic rings. The van der Waals surface area contributed by atoms with Crippen LogP contribution in [0.3, 0.4) is 0 Å². The van der Waals surface area contributed by atoms with Crippen molar-refractivity contribution in [1.82, 2.24) is 4.90 Å². The van der Waals surface area contributed by atoms with Gasteiger partial charge in [-0.2, -0.15) is 0 Å². The van der Waals surface area contributed by atoms with Crippen molar-refractivity contribution in [2.45, 2.75) is 46.3 Å². The Morgan fingerprint density at radius 1 is 1.23 bits per heavy atom. The van der Waals surface area contributed by atoms with E-state index in [0.717, 1.165) is 4.47 Å². The van der Waals surface area contributed by atoms with Crippen molar-refractivity contribution in [3.63, 3.8) is 0 Å². The van der Waals surface area contributed by atoms with Crippen LogP contribution in [0.2, 0.25) is 0 Å². The lowest BCUT2D eigenvalue weighted by Crippen LogP contribution is -2.38. The Labute approximate surface area is 139 Å². The molecule has 0 aliphatic heterocycles. The maximum atomic E-state index is 12.6. The van der Waals surface area contributed by atoms with Gasteiger partial charge in [0, 0.05) is 22.6 Å². The van der Waals surface area contributed by atoms with E-state index in [1.54, 1.807) is 23.1 Å². The second-order valence-electron chi connectivity index (χ2n) is 5.58. The summed E-state index contributed by atoms with van der Waals surface area (Å²) in [6.07, 6.45) is -0.0711. The molecule has 122 valence electrons. The predicted molar refractivity (Wildman–Crippen MR) is 88.3 cm³/mol. The van der Waals surface area contributed by atoms with E-state index in [2.05, 4.69) is 15.9 Å². The Balaban J connectivity index is 3.02. The molecule has 0 radical (unpaired) electrons. The number of amides is 1. The standard InChI is InChI=1S/C16H22BrNO4/c1-10(2)18(6-5-15(19)20)16(21)12-7-13(17)9-14(8-12)22-11(3)4/h7-11H,5-6H2,1-4H3,(H,19,20). The highest BCUT2D eigenvalue weighted by molar-refractivity contribution is 9.10. The SMILES string of the molecule is CC(C)Oc1cc(Br)cc(C(=O)N(CCC(=O)O)C(C)C)c1. The number of ether oxygens (including phenoxy) is 1. The van der Waals surface area contributed by atoms with E-state index >= 15 is 0 Å². The lowest BCUT2D eigenvalue weighted by Gasteiger charge is -2.26. The minimum atomic E-state index is -0.920. The number of halogens is 1. The Morgan fingerprint density at radius 3 is 2.36 bits per heavy atom. The molecule has 1 aromatic rings. The molecule has 0 fully saturated rings. The highest BCUT2D eigenvalue weighted by Gasteiger charge is 2.20. The Morgan fingerprint density at radius 2 is 1.86 bits per heavy atom. The molecule has 0 aromatic heterocycles. The van der Waals surface area contributed by atoms with Crippen LogP contribution in [0, 0.1) is 0 Å². The van der Waals surface area contributed by atoms with Crippen LogP contribution in [-0.2, 0) is 4.79 Å². The van der Waals surface area contributed by atoms with Crippen molar-refractivity contribution in [1.29, 1.82) is 0 Å². The van der Waals surface area contributed by atoms with Gasteiger partial charge in [-0.1, -0.05) is 15.9 Å². The summed E-state index contributed by atoms with van der Waals surface area (Å²) in [6, 6.07) is 5.11. The summed E-state index contributed by atoms with van der Waals surface area (Å²) in [7, 11) is 0. The molecule has 0 saturated heterocycles. The van der Waals surface area contributed by atoms with Crippen LogP contribution in [-0.4, -0.2) is 40.6 Å². The second kappa shape index (κ2) is 8.17. The maximum absolute atomic E-state index is 12.6. The number of carbonyl (C=O) groups is 2. The molecule has 0 atom stereocenters. The van der Waals surface area contributed by atoms with Crippen LogP contribution in [0.4, 0.5) is 0 Å². The number of benzene rings is 1. The zero-order valence-electron chi connectivity index (χ0n) is 13.3. The molecule has 1 aromatic carbocycles. The average Bonchev–Trinajstić information content (AvgIpc) is 2.36. The number of carboxylic acid groups (broad SMARTS) is 1. The van der Waals surface area contributed by atoms with E-state index < -0.39 is 5.97 Å². The molecule has 0 heterocycles. The summed E-state index contributed by atoms with van der Waals surface area (Å²) in [5, 5.41) is 8.82. The molecule has 1 rings (SSSR count). The van der Waals surface area contributed by atoms with Crippen molar-refractivity contribution in [3.05, 3.63) is 28.2 Å². The third-order valence-electron chi connectivity index (χ3n) is 2.94. The first-order valence-corrected chi connectivity index (χ1v) is 8.00. The van der Waals surface area contributed by atoms with E-state index in [4.69, 9.17) is 9.84 Å². The van der Waals surface area contributed by atoms with Gasteiger partial charge in [0.15, 0.2) is 0 Å². The number of hydrogen-bond acceptors (Lipinski definition) is 3. The van der Waals surface area contributed by atoms with E-state index in [1.807, 2.05) is 27.7 Å². The molecular weight excluding hydrogens is 350 g/mol. The quantitative estimate of drug-likeness (QED) is 0.795. The van der Waals surface area contributed by atoms with Crippen LogP contribution < -0.4 is 4.74 Å².